The lowest BCUT2D eigenvalue weighted by molar-refractivity contribution is -0.121. The molecule has 120 valence electrons. The molecule has 0 aliphatic rings. The van der Waals surface area contributed by atoms with Crippen molar-refractivity contribution in [2.75, 3.05) is 6.54 Å². The highest BCUT2D eigenvalue weighted by molar-refractivity contribution is 5.89. The fraction of sp³-hybridized carbons (Fsp3) is 0.278. The number of furan rings is 1. The molecule has 5 nitrogen and oxygen atoms in total. The number of carbonyl (C=O) groups is 1. The molecule has 23 heavy (non-hydrogen) atoms. The van der Waals surface area contributed by atoms with E-state index >= 15 is 0 Å². The van der Waals surface area contributed by atoms with Gasteiger partial charge in [0.25, 0.3) is 0 Å². The molecule has 1 aromatic carbocycles. The molecule has 0 spiro atoms. The van der Waals surface area contributed by atoms with Gasteiger partial charge in [-0.3, -0.25) is 4.79 Å². The molecule has 1 unspecified atom stereocenters. The Labute approximate surface area is 134 Å². The zero-order valence-electron chi connectivity index (χ0n) is 13.2. The number of benzene rings is 1. The summed E-state index contributed by atoms with van der Waals surface area (Å²) < 4.78 is 7.22. The zero-order chi connectivity index (χ0) is 16.4. The summed E-state index contributed by atoms with van der Waals surface area (Å²) in [5.41, 5.74) is 0.842. The molecular weight excluding hydrogens is 292 g/mol. The summed E-state index contributed by atoms with van der Waals surface area (Å²) >= 11 is 0. The zero-order valence-corrected chi connectivity index (χ0v) is 13.2. The number of hydrogen-bond acceptors (Lipinski definition) is 3. The summed E-state index contributed by atoms with van der Waals surface area (Å²) in [7, 11) is 1.96. The van der Waals surface area contributed by atoms with Crippen LogP contribution in [-0.4, -0.2) is 22.1 Å². The predicted molar refractivity (Wildman–Crippen MR) is 87.9 cm³/mol. The third kappa shape index (κ3) is 3.14. The van der Waals surface area contributed by atoms with Gasteiger partial charge < -0.3 is 19.4 Å². The van der Waals surface area contributed by atoms with E-state index in [2.05, 4.69) is 5.32 Å². The Bertz CT molecular complexity index is 816. The Balaban J connectivity index is 1.67. The number of nitrogens with one attached hydrogen (secondary N) is 1. The summed E-state index contributed by atoms with van der Waals surface area (Å²) in [6.07, 6.45) is 3.74. The van der Waals surface area contributed by atoms with Crippen molar-refractivity contribution in [1.82, 2.24) is 9.88 Å². The minimum Gasteiger partial charge on any atom is -0.466 e. The molecule has 0 saturated carbocycles. The van der Waals surface area contributed by atoms with Crippen LogP contribution in [-0.2, 0) is 23.9 Å². The molecule has 0 aliphatic carbocycles. The second-order valence-corrected chi connectivity index (χ2v) is 5.99. The average molecular weight is 312 g/mol. The third-order valence-electron chi connectivity index (χ3n) is 4.01. The van der Waals surface area contributed by atoms with Crippen LogP contribution in [0.3, 0.4) is 0 Å². The number of fused-ring (bicyclic) bond motifs is 1. The van der Waals surface area contributed by atoms with Gasteiger partial charge in [0.15, 0.2) is 0 Å². The third-order valence-corrected chi connectivity index (χ3v) is 4.01. The first-order chi connectivity index (χ1) is 11.0. The highest BCUT2D eigenvalue weighted by atomic mass is 16.4. The van der Waals surface area contributed by atoms with Crippen molar-refractivity contribution < 1.29 is 14.3 Å². The van der Waals surface area contributed by atoms with Crippen molar-refractivity contribution in [3.63, 3.8) is 0 Å². The number of para-hydroxylation sites is 1. The van der Waals surface area contributed by atoms with Crippen molar-refractivity contribution in [3.8, 4) is 0 Å². The smallest absolute Gasteiger partial charge is 0.224 e. The Morgan fingerprint density at radius 1 is 1.30 bits per heavy atom. The predicted octanol–water partition coefficient (Wildman–Crippen LogP) is 2.34. The first-order valence-corrected chi connectivity index (χ1v) is 7.53. The summed E-state index contributed by atoms with van der Waals surface area (Å²) in [6.45, 7) is 1.72. The van der Waals surface area contributed by atoms with Crippen molar-refractivity contribution in [1.29, 1.82) is 0 Å². The number of carbonyl (C=O) groups excluding carboxylic acids is 1. The summed E-state index contributed by atoms with van der Waals surface area (Å²) in [5.74, 6) is 0.302. The lowest BCUT2D eigenvalue weighted by atomic mass is 10.0. The quantitative estimate of drug-likeness (QED) is 0.760. The average Bonchev–Trinajstić information content (AvgIpc) is 3.16. The molecule has 0 radical (unpaired) electrons. The Kier molecular flexibility index (Phi) is 3.96. The van der Waals surface area contributed by atoms with Gasteiger partial charge in [-0.2, -0.15) is 0 Å². The molecular formula is C18H20N2O3. The Hall–Kier alpha value is -2.53. The molecule has 1 amide bonds. The topological polar surface area (TPSA) is 67.4 Å². The number of nitrogens with zero attached hydrogens (tertiary/aromatic N) is 1. The molecule has 3 aromatic rings. The molecule has 3 rings (SSSR count). The first kappa shape index (κ1) is 15.4. The largest absolute Gasteiger partial charge is 0.466 e. The van der Waals surface area contributed by atoms with Crippen molar-refractivity contribution >= 4 is 16.8 Å². The lowest BCUT2D eigenvalue weighted by Gasteiger charge is -2.21. The fourth-order valence-corrected chi connectivity index (χ4v) is 2.74. The van der Waals surface area contributed by atoms with Gasteiger partial charge in [-0.25, -0.2) is 0 Å². The van der Waals surface area contributed by atoms with E-state index in [1.807, 2.05) is 42.1 Å². The van der Waals surface area contributed by atoms with Gasteiger partial charge in [0.05, 0.1) is 19.2 Å². The van der Waals surface area contributed by atoms with Gasteiger partial charge in [0.1, 0.15) is 11.4 Å². The van der Waals surface area contributed by atoms with Gasteiger partial charge in [0, 0.05) is 24.1 Å². The molecule has 5 heteroatoms. The second-order valence-electron chi connectivity index (χ2n) is 5.99. The van der Waals surface area contributed by atoms with Gasteiger partial charge >= 0.3 is 0 Å². The lowest BCUT2D eigenvalue weighted by Crippen LogP contribution is -2.39. The van der Waals surface area contributed by atoms with Gasteiger partial charge in [-0.1, -0.05) is 18.2 Å². The number of rotatable bonds is 5. The van der Waals surface area contributed by atoms with Crippen LogP contribution in [0.2, 0.25) is 0 Å². The molecule has 2 heterocycles. The van der Waals surface area contributed by atoms with E-state index in [-0.39, 0.29) is 18.9 Å². The summed E-state index contributed by atoms with van der Waals surface area (Å²) in [5, 5.41) is 14.2. The number of aromatic nitrogens is 1. The van der Waals surface area contributed by atoms with Crippen LogP contribution in [0.5, 0.6) is 0 Å². The highest BCUT2D eigenvalue weighted by Crippen LogP contribution is 2.22. The van der Waals surface area contributed by atoms with Gasteiger partial charge in [-0.05, 0) is 30.7 Å². The molecule has 2 aromatic heterocycles. The van der Waals surface area contributed by atoms with Gasteiger partial charge in [-0.15, -0.1) is 0 Å². The molecule has 0 bridgehead atoms. The monoisotopic (exact) mass is 312 g/mol. The standard InChI is InChI=1S/C18H20N2O3/c1-18(22,16-8-5-9-23-16)12-19-17(21)10-13-11-20(2)15-7-4-3-6-14(13)15/h3-9,11,22H,10,12H2,1-2H3,(H,19,21). The molecule has 0 saturated heterocycles. The van der Waals surface area contributed by atoms with E-state index in [0.717, 1.165) is 16.5 Å². The van der Waals surface area contributed by atoms with Crippen LogP contribution < -0.4 is 5.32 Å². The van der Waals surface area contributed by atoms with E-state index in [1.54, 1.807) is 19.1 Å². The minimum atomic E-state index is -1.22. The van der Waals surface area contributed by atoms with Crippen LogP contribution in [0.4, 0.5) is 0 Å². The molecule has 0 fully saturated rings. The van der Waals surface area contributed by atoms with Crippen LogP contribution in [0.25, 0.3) is 10.9 Å². The maximum absolute atomic E-state index is 12.2. The Morgan fingerprint density at radius 2 is 2.09 bits per heavy atom. The van der Waals surface area contributed by atoms with Crippen molar-refractivity contribution in [2.45, 2.75) is 18.9 Å². The van der Waals surface area contributed by atoms with E-state index in [1.165, 1.54) is 6.26 Å². The van der Waals surface area contributed by atoms with E-state index in [0.29, 0.717) is 5.76 Å². The number of amides is 1. The number of hydrogen-bond donors (Lipinski definition) is 2. The molecule has 2 N–H and O–H groups in total. The van der Waals surface area contributed by atoms with E-state index < -0.39 is 5.60 Å². The molecule has 1 atom stereocenters. The second kappa shape index (κ2) is 5.93. The number of aliphatic hydroxyl groups is 1. The van der Waals surface area contributed by atoms with Crippen molar-refractivity contribution in [3.05, 3.63) is 60.2 Å². The fourth-order valence-electron chi connectivity index (χ4n) is 2.74. The molecule has 0 aliphatic heterocycles. The summed E-state index contributed by atoms with van der Waals surface area (Å²) in [6, 6.07) is 11.4. The number of aryl methyl sites for hydroxylation is 1. The van der Waals surface area contributed by atoms with Crippen LogP contribution in [0.1, 0.15) is 18.2 Å². The minimum absolute atomic E-state index is 0.101. The first-order valence-electron chi connectivity index (χ1n) is 7.53. The van der Waals surface area contributed by atoms with E-state index in [4.69, 9.17) is 4.42 Å². The van der Waals surface area contributed by atoms with Crippen LogP contribution in [0, 0.1) is 0 Å². The van der Waals surface area contributed by atoms with Crippen LogP contribution in [0.15, 0.2) is 53.3 Å². The normalized spacial score (nSPS) is 13.9. The van der Waals surface area contributed by atoms with E-state index in [9.17, 15) is 9.90 Å². The maximum atomic E-state index is 12.2. The maximum Gasteiger partial charge on any atom is 0.224 e. The van der Waals surface area contributed by atoms with Crippen LogP contribution >= 0.6 is 0 Å². The summed E-state index contributed by atoms with van der Waals surface area (Å²) in [4.78, 5) is 12.2. The van der Waals surface area contributed by atoms with Crippen molar-refractivity contribution in [2.24, 2.45) is 7.05 Å². The SMILES string of the molecule is Cn1cc(CC(=O)NCC(C)(O)c2ccco2)c2ccccc21. The highest BCUT2D eigenvalue weighted by Gasteiger charge is 2.26. The Morgan fingerprint density at radius 3 is 2.83 bits per heavy atom. The van der Waals surface area contributed by atoms with Gasteiger partial charge in [0.2, 0.25) is 5.91 Å².